The maximum absolute atomic E-state index is 10.9. The van der Waals surface area contributed by atoms with E-state index >= 15 is 0 Å². The van der Waals surface area contributed by atoms with E-state index in [1.807, 2.05) is 12.1 Å². The number of aromatic nitrogens is 1. The van der Waals surface area contributed by atoms with Crippen LogP contribution in [0, 0.1) is 6.92 Å². The molecule has 0 spiro atoms. The van der Waals surface area contributed by atoms with E-state index < -0.39 is 11.8 Å². The minimum absolute atomic E-state index is 0.123. The Morgan fingerprint density at radius 2 is 1.66 bits per heavy atom. The summed E-state index contributed by atoms with van der Waals surface area (Å²) in [5, 5.41) is 4.34. The van der Waals surface area contributed by atoms with Crippen molar-refractivity contribution in [2.24, 2.45) is 5.73 Å². The summed E-state index contributed by atoms with van der Waals surface area (Å²) in [6, 6.07) is 22.7. The van der Waals surface area contributed by atoms with E-state index in [0.717, 1.165) is 11.6 Å². The lowest BCUT2D eigenvalue weighted by Gasteiger charge is -2.05. The zero-order valence-electron chi connectivity index (χ0n) is 17.4. The molecule has 0 unspecified atom stereocenters. The van der Waals surface area contributed by atoms with Crippen molar-refractivity contribution in [1.29, 1.82) is 0 Å². The number of nitrogens with zero attached hydrogens (tertiary/aromatic N) is 1. The number of hydrogen-bond acceptors (Lipinski definition) is 3. The van der Waals surface area contributed by atoms with Crippen molar-refractivity contribution >= 4 is 46.3 Å². The van der Waals surface area contributed by atoms with Crippen molar-refractivity contribution in [1.82, 2.24) is 4.57 Å². The third-order valence-corrected chi connectivity index (χ3v) is 5.06. The summed E-state index contributed by atoms with van der Waals surface area (Å²) in [6.07, 6.45) is 2.33. The molecule has 32 heavy (non-hydrogen) atoms. The number of amides is 2. The predicted octanol–water partition coefficient (Wildman–Crippen LogP) is 4.57. The number of aldehydes is 1. The number of primary amides is 1. The minimum atomic E-state index is -0.821. The number of hydrogen-bond donors (Lipinski definition) is 2. The minimum Gasteiger partial charge on any atom is -0.366 e. The number of benzene rings is 3. The van der Waals surface area contributed by atoms with Gasteiger partial charge in [-0.3, -0.25) is 14.4 Å². The standard InChI is InChI=1S/C16H14ClN.C9H8N2O3/c1-12-10-18(16-5-3-2-4-15(12)16)11-13-6-8-14(17)9-7-13;10-9(14)6-3-1-2-4-7(6)11-8(13)5-12/h2-10H,11H2,1H3;1-5H,(H2,10,14)(H,11,13). The SMILES string of the molecule is Cc1cn(Cc2ccc(Cl)cc2)c2ccccc12.NC(=O)c1ccccc1NC(=O)C=O. The van der Waals surface area contributed by atoms with Gasteiger partial charge in [-0.2, -0.15) is 0 Å². The maximum atomic E-state index is 10.9. The quantitative estimate of drug-likeness (QED) is 0.346. The van der Waals surface area contributed by atoms with Crippen LogP contribution in [0.15, 0.2) is 79.0 Å². The summed E-state index contributed by atoms with van der Waals surface area (Å²) in [6.45, 7) is 3.03. The highest BCUT2D eigenvalue weighted by atomic mass is 35.5. The Labute approximate surface area is 190 Å². The summed E-state index contributed by atoms with van der Waals surface area (Å²) >= 11 is 5.91. The van der Waals surface area contributed by atoms with E-state index in [-0.39, 0.29) is 17.5 Å². The van der Waals surface area contributed by atoms with E-state index in [1.54, 1.807) is 12.1 Å². The van der Waals surface area contributed by atoms with Crippen molar-refractivity contribution in [3.63, 3.8) is 0 Å². The van der Waals surface area contributed by atoms with Crippen molar-refractivity contribution in [2.45, 2.75) is 13.5 Å². The Kier molecular flexibility index (Phi) is 7.41. The van der Waals surface area contributed by atoms with Crippen molar-refractivity contribution in [3.8, 4) is 0 Å². The first-order valence-electron chi connectivity index (χ1n) is 9.83. The van der Waals surface area contributed by atoms with Gasteiger partial charge in [0.2, 0.25) is 6.29 Å². The van der Waals surface area contributed by atoms with Gasteiger partial charge in [0.15, 0.2) is 0 Å². The van der Waals surface area contributed by atoms with Crippen LogP contribution in [0.3, 0.4) is 0 Å². The molecule has 3 N–H and O–H groups in total. The van der Waals surface area contributed by atoms with Gasteiger partial charge in [-0.25, -0.2) is 0 Å². The fourth-order valence-corrected chi connectivity index (χ4v) is 3.44. The largest absolute Gasteiger partial charge is 0.366 e. The van der Waals surface area contributed by atoms with E-state index in [4.69, 9.17) is 17.3 Å². The Balaban J connectivity index is 0.000000188. The monoisotopic (exact) mass is 447 g/mol. The number of para-hydroxylation sites is 2. The van der Waals surface area contributed by atoms with Crippen LogP contribution in [0.2, 0.25) is 5.02 Å². The van der Waals surface area contributed by atoms with E-state index in [0.29, 0.717) is 0 Å². The fourth-order valence-electron chi connectivity index (χ4n) is 3.32. The van der Waals surface area contributed by atoms with Crippen LogP contribution in [0.5, 0.6) is 0 Å². The highest BCUT2D eigenvalue weighted by Crippen LogP contribution is 2.22. The van der Waals surface area contributed by atoms with Crippen LogP contribution in [-0.2, 0) is 16.1 Å². The Morgan fingerprint density at radius 1 is 1.00 bits per heavy atom. The van der Waals surface area contributed by atoms with E-state index in [2.05, 4.69) is 59.4 Å². The van der Waals surface area contributed by atoms with Gasteiger partial charge in [0.1, 0.15) is 0 Å². The second kappa shape index (κ2) is 10.4. The maximum Gasteiger partial charge on any atom is 0.288 e. The molecule has 6 nitrogen and oxygen atoms in total. The van der Waals surface area contributed by atoms with Gasteiger partial charge < -0.3 is 15.6 Å². The molecule has 4 aromatic rings. The molecule has 162 valence electrons. The van der Waals surface area contributed by atoms with Gasteiger partial charge in [-0.15, -0.1) is 0 Å². The first kappa shape index (κ1) is 22.8. The first-order valence-corrected chi connectivity index (χ1v) is 10.2. The molecule has 0 bridgehead atoms. The Morgan fingerprint density at radius 3 is 2.34 bits per heavy atom. The number of nitrogens with one attached hydrogen (secondary N) is 1. The molecule has 0 aliphatic rings. The molecule has 0 radical (unpaired) electrons. The molecule has 0 aliphatic heterocycles. The molecular formula is C25H22ClN3O3. The molecule has 2 amide bonds. The number of carbonyl (C=O) groups excluding carboxylic acids is 3. The average molecular weight is 448 g/mol. The number of carbonyl (C=O) groups is 3. The van der Waals surface area contributed by atoms with Crippen LogP contribution in [0.1, 0.15) is 21.5 Å². The lowest BCUT2D eigenvalue weighted by atomic mass is 10.1. The molecule has 1 aromatic heterocycles. The van der Waals surface area contributed by atoms with Crippen molar-refractivity contribution in [2.75, 3.05) is 5.32 Å². The second-order valence-corrected chi connectivity index (χ2v) is 7.54. The fraction of sp³-hybridized carbons (Fsp3) is 0.0800. The molecule has 0 fully saturated rings. The van der Waals surface area contributed by atoms with Crippen molar-refractivity contribution in [3.05, 3.63) is 101 Å². The third-order valence-electron chi connectivity index (χ3n) is 4.81. The van der Waals surface area contributed by atoms with Gasteiger partial charge in [0.05, 0.1) is 11.3 Å². The zero-order chi connectivity index (χ0) is 23.1. The summed E-state index contributed by atoms with van der Waals surface area (Å²) in [5.41, 5.74) is 9.32. The van der Waals surface area contributed by atoms with Crippen LogP contribution in [0.25, 0.3) is 10.9 Å². The highest BCUT2D eigenvalue weighted by molar-refractivity contribution is 6.30. The molecule has 4 rings (SSSR count). The van der Waals surface area contributed by atoms with Gasteiger partial charge in [0.25, 0.3) is 11.8 Å². The summed E-state index contributed by atoms with van der Waals surface area (Å²) < 4.78 is 2.29. The molecule has 3 aromatic carbocycles. The second-order valence-electron chi connectivity index (χ2n) is 7.10. The summed E-state index contributed by atoms with van der Waals surface area (Å²) in [5.74, 6) is -1.48. The van der Waals surface area contributed by atoms with E-state index in [9.17, 15) is 14.4 Å². The number of halogens is 1. The number of aryl methyl sites for hydroxylation is 1. The van der Waals surface area contributed by atoms with Crippen molar-refractivity contribution < 1.29 is 14.4 Å². The van der Waals surface area contributed by atoms with Gasteiger partial charge in [-0.1, -0.05) is 54.1 Å². The average Bonchev–Trinajstić information content (AvgIpc) is 3.11. The lowest BCUT2D eigenvalue weighted by Crippen LogP contribution is -2.18. The molecule has 7 heteroatoms. The molecule has 0 atom stereocenters. The van der Waals surface area contributed by atoms with Crippen LogP contribution >= 0.6 is 11.6 Å². The first-order chi connectivity index (χ1) is 15.4. The van der Waals surface area contributed by atoms with Gasteiger partial charge in [-0.05, 0) is 48.4 Å². The Bertz CT molecular complexity index is 1260. The summed E-state index contributed by atoms with van der Waals surface area (Å²) in [7, 11) is 0. The topological polar surface area (TPSA) is 94.2 Å². The van der Waals surface area contributed by atoms with Gasteiger partial charge in [0, 0.05) is 28.7 Å². The van der Waals surface area contributed by atoms with Crippen LogP contribution in [-0.4, -0.2) is 22.7 Å². The zero-order valence-corrected chi connectivity index (χ0v) is 18.2. The lowest BCUT2D eigenvalue weighted by molar-refractivity contribution is -0.127. The number of rotatable bonds is 5. The smallest absolute Gasteiger partial charge is 0.288 e. The Hall–Kier alpha value is -3.90. The van der Waals surface area contributed by atoms with Gasteiger partial charge >= 0.3 is 0 Å². The summed E-state index contributed by atoms with van der Waals surface area (Å²) in [4.78, 5) is 31.7. The third kappa shape index (κ3) is 5.62. The van der Waals surface area contributed by atoms with E-state index in [1.165, 1.54) is 34.2 Å². The molecule has 0 saturated heterocycles. The number of nitrogens with two attached hydrogens (primary N) is 1. The normalized spacial score (nSPS) is 10.2. The highest BCUT2D eigenvalue weighted by Gasteiger charge is 2.09. The molecule has 0 saturated carbocycles. The molecule has 1 heterocycles. The molecular weight excluding hydrogens is 426 g/mol. The predicted molar refractivity (Wildman–Crippen MR) is 127 cm³/mol. The number of anilines is 1. The number of fused-ring (bicyclic) bond motifs is 1. The molecule has 0 aliphatic carbocycles. The van der Waals surface area contributed by atoms with Crippen LogP contribution < -0.4 is 11.1 Å². The van der Waals surface area contributed by atoms with Crippen LogP contribution in [0.4, 0.5) is 5.69 Å².